The van der Waals surface area contributed by atoms with Gasteiger partial charge in [-0.3, -0.25) is 9.59 Å². The van der Waals surface area contributed by atoms with Gasteiger partial charge in [-0.1, -0.05) is 18.2 Å². The Kier molecular flexibility index (Phi) is 5.66. The summed E-state index contributed by atoms with van der Waals surface area (Å²) in [6, 6.07) is 8.84. The summed E-state index contributed by atoms with van der Waals surface area (Å²) in [4.78, 5) is 23.7. The van der Waals surface area contributed by atoms with Gasteiger partial charge in [0, 0.05) is 12.2 Å². The Morgan fingerprint density at radius 1 is 1.17 bits per heavy atom. The van der Waals surface area contributed by atoms with E-state index in [-0.39, 0.29) is 32.1 Å². The van der Waals surface area contributed by atoms with Gasteiger partial charge in [0.15, 0.2) is 0 Å². The fourth-order valence-corrected chi connectivity index (χ4v) is 1.47. The Balaban J connectivity index is 2.67. The summed E-state index contributed by atoms with van der Waals surface area (Å²) < 4.78 is 0. The number of aliphatic hydroxyl groups is 1. The molecule has 0 spiro atoms. The van der Waals surface area contributed by atoms with Crippen molar-refractivity contribution in [1.29, 1.82) is 0 Å². The monoisotopic (exact) mass is 252 g/mol. The van der Waals surface area contributed by atoms with Gasteiger partial charge in [-0.2, -0.15) is 0 Å². The maximum Gasteiger partial charge on any atom is 0.323 e. The molecule has 0 radical (unpaired) electrons. The average molecular weight is 252 g/mol. The number of nitrogens with one attached hydrogen (secondary N) is 1. The third kappa shape index (κ3) is 4.84. The first-order valence-corrected chi connectivity index (χ1v) is 5.53. The lowest BCUT2D eigenvalue weighted by Gasteiger charge is -2.22. The number of aliphatic carboxylic acids is 1. The highest BCUT2D eigenvalue weighted by molar-refractivity contribution is 5.84. The lowest BCUT2D eigenvalue weighted by molar-refractivity contribution is -0.135. The smallest absolute Gasteiger partial charge is 0.323 e. The Bertz CT molecular complexity index is 394. The molecule has 1 aromatic carbocycles. The van der Waals surface area contributed by atoms with E-state index in [9.17, 15) is 9.59 Å². The molecule has 1 amide bonds. The first kappa shape index (κ1) is 14.0. The van der Waals surface area contributed by atoms with Crippen molar-refractivity contribution < 1.29 is 19.8 Å². The fourth-order valence-electron chi connectivity index (χ4n) is 1.47. The number of amides is 1. The normalized spacial score (nSPS) is 9.83. The highest BCUT2D eigenvalue weighted by Crippen LogP contribution is 2.12. The van der Waals surface area contributed by atoms with Crippen molar-refractivity contribution in [3.05, 3.63) is 30.3 Å². The number of hydrogen-bond acceptors (Lipinski definition) is 4. The first-order valence-electron chi connectivity index (χ1n) is 5.53. The van der Waals surface area contributed by atoms with Crippen molar-refractivity contribution in [3.8, 4) is 0 Å². The van der Waals surface area contributed by atoms with Gasteiger partial charge < -0.3 is 20.4 Å². The number of anilines is 1. The van der Waals surface area contributed by atoms with E-state index in [4.69, 9.17) is 10.2 Å². The third-order valence-electron chi connectivity index (χ3n) is 2.22. The van der Waals surface area contributed by atoms with Crippen molar-refractivity contribution in [1.82, 2.24) is 5.32 Å². The number of benzene rings is 1. The predicted molar refractivity (Wildman–Crippen MR) is 66.4 cm³/mol. The minimum Gasteiger partial charge on any atom is -0.480 e. The Labute approximate surface area is 105 Å². The Morgan fingerprint density at radius 3 is 2.39 bits per heavy atom. The van der Waals surface area contributed by atoms with E-state index >= 15 is 0 Å². The zero-order valence-corrected chi connectivity index (χ0v) is 9.87. The van der Waals surface area contributed by atoms with Gasteiger partial charge in [0.05, 0.1) is 13.2 Å². The van der Waals surface area contributed by atoms with E-state index in [1.165, 1.54) is 4.90 Å². The number of nitrogens with zero attached hydrogens (tertiary/aromatic N) is 1. The molecular weight excluding hydrogens is 236 g/mol. The lowest BCUT2D eigenvalue weighted by atomic mass is 10.3. The number of carboxylic acid groups (broad SMARTS) is 1. The number of hydrogen-bond donors (Lipinski definition) is 3. The molecular formula is C12H16N2O4. The van der Waals surface area contributed by atoms with Gasteiger partial charge >= 0.3 is 5.97 Å². The van der Waals surface area contributed by atoms with E-state index in [2.05, 4.69) is 5.32 Å². The maximum absolute atomic E-state index is 11.5. The molecule has 18 heavy (non-hydrogen) atoms. The minimum absolute atomic E-state index is 0.0592. The fraction of sp³-hybridized carbons (Fsp3) is 0.333. The molecule has 1 aromatic rings. The molecule has 3 N–H and O–H groups in total. The quantitative estimate of drug-likeness (QED) is 0.619. The summed E-state index contributed by atoms with van der Waals surface area (Å²) in [6.07, 6.45) is 0. The number of carbonyl (C=O) groups is 2. The average Bonchev–Trinajstić information content (AvgIpc) is 2.36. The summed E-state index contributed by atoms with van der Waals surface area (Å²) >= 11 is 0. The molecule has 0 saturated carbocycles. The molecule has 0 heterocycles. The Hall–Kier alpha value is -2.08. The zero-order chi connectivity index (χ0) is 13.4. The summed E-state index contributed by atoms with van der Waals surface area (Å²) in [5, 5.41) is 19.9. The van der Waals surface area contributed by atoms with Gasteiger partial charge in [-0.15, -0.1) is 0 Å². The summed E-state index contributed by atoms with van der Waals surface area (Å²) in [7, 11) is 0. The Morgan fingerprint density at radius 2 is 1.83 bits per heavy atom. The van der Waals surface area contributed by atoms with Crippen LogP contribution in [0.1, 0.15) is 0 Å². The van der Waals surface area contributed by atoms with Gasteiger partial charge in [-0.25, -0.2) is 0 Å². The van der Waals surface area contributed by atoms with Crippen LogP contribution in [0.15, 0.2) is 30.3 Å². The molecule has 6 heteroatoms. The van der Waals surface area contributed by atoms with Crippen molar-refractivity contribution >= 4 is 17.6 Å². The number of carboxylic acids is 1. The molecule has 0 unspecified atom stereocenters. The van der Waals surface area contributed by atoms with Crippen LogP contribution in [0, 0.1) is 0 Å². The highest BCUT2D eigenvalue weighted by atomic mass is 16.4. The van der Waals surface area contributed by atoms with Crippen LogP contribution in [0.3, 0.4) is 0 Å². The van der Waals surface area contributed by atoms with Crippen LogP contribution in [-0.2, 0) is 9.59 Å². The molecule has 98 valence electrons. The van der Waals surface area contributed by atoms with Crippen LogP contribution < -0.4 is 10.2 Å². The van der Waals surface area contributed by atoms with Crippen LogP contribution in [0.2, 0.25) is 0 Å². The molecule has 0 bridgehead atoms. The second kappa shape index (κ2) is 7.29. The summed E-state index contributed by atoms with van der Waals surface area (Å²) in [6.45, 7) is -0.294. The van der Waals surface area contributed by atoms with Crippen LogP contribution in [0.4, 0.5) is 5.69 Å². The van der Waals surface area contributed by atoms with Crippen molar-refractivity contribution in [2.45, 2.75) is 0 Å². The number of carbonyl (C=O) groups excluding carboxylic acids is 1. The van der Waals surface area contributed by atoms with E-state index < -0.39 is 5.97 Å². The van der Waals surface area contributed by atoms with Crippen LogP contribution in [0.5, 0.6) is 0 Å². The van der Waals surface area contributed by atoms with Gasteiger partial charge in [0.1, 0.15) is 6.54 Å². The summed E-state index contributed by atoms with van der Waals surface area (Å²) in [5.41, 5.74) is 0.666. The molecule has 0 aliphatic heterocycles. The third-order valence-corrected chi connectivity index (χ3v) is 2.22. The van der Waals surface area contributed by atoms with Crippen molar-refractivity contribution in [2.75, 3.05) is 31.1 Å². The number of para-hydroxylation sites is 1. The van der Waals surface area contributed by atoms with Gasteiger partial charge in [-0.05, 0) is 12.1 Å². The topological polar surface area (TPSA) is 89.9 Å². The van der Waals surface area contributed by atoms with E-state index in [0.29, 0.717) is 5.69 Å². The van der Waals surface area contributed by atoms with Crippen molar-refractivity contribution in [2.24, 2.45) is 0 Å². The minimum atomic E-state index is -1.01. The zero-order valence-electron chi connectivity index (χ0n) is 9.87. The largest absolute Gasteiger partial charge is 0.480 e. The molecule has 0 aliphatic carbocycles. The second-order valence-corrected chi connectivity index (χ2v) is 3.66. The van der Waals surface area contributed by atoms with Crippen LogP contribution in [-0.4, -0.2) is 48.3 Å². The molecule has 0 fully saturated rings. The second-order valence-electron chi connectivity index (χ2n) is 3.66. The molecule has 0 aliphatic rings. The molecule has 1 rings (SSSR count). The molecule has 0 atom stereocenters. The summed E-state index contributed by atoms with van der Waals surface area (Å²) in [5.74, 6) is -1.33. The highest BCUT2D eigenvalue weighted by Gasteiger charge is 2.14. The van der Waals surface area contributed by atoms with Gasteiger partial charge in [0.25, 0.3) is 0 Å². The maximum atomic E-state index is 11.5. The molecule has 0 saturated heterocycles. The van der Waals surface area contributed by atoms with E-state index in [0.717, 1.165) is 0 Å². The van der Waals surface area contributed by atoms with Crippen molar-refractivity contribution in [3.63, 3.8) is 0 Å². The molecule has 0 aromatic heterocycles. The number of rotatable bonds is 7. The predicted octanol–water partition coefficient (Wildman–Crippen LogP) is -0.314. The van der Waals surface area contributed by atoms with Crippen LogP contribution in [0.25, 0.3) is 0 Å². The SMILES string of the molecule is O=C(O)CN(CC(=O)NCCO)c1ccccc1. The molecule has 6 nitrogen and oxygen atoms in total. The van der Waals surface area contributed by atoms with Gasteiger partial charge in [0.2, 0.25) is 5.91 Å². The standard InChI is InChI=1S/C12H16N2O4/c15-7-6-13-11(16)8-14(9-12(17)18)10-4-2-1-3-5-10/h1-5,15H,6-9H2,(H,13,16)(H,17,18). The first-order chi connectivity index (χ1) is 8.63. The van der Waals surface area contributed by atoms with E-state index in [1.54, 1.807) is 24.3 Å². The van der Waals surface area contributed by atoms with E-state index in [1.807, 2.05) is 6.07 Å². The number of aliphatic hydroxyl groups excluding tert-OH is 1. The van der Waals surface area contributed by atoms with Crippen LogP contribution >= 0.6 is 0 Å². The lowest BCUT2D eigenvalue weighted by Crippen LogP contribution is -2.40.